The van der Waals surface area contributed by atoms with Crippen molar-refractivity contribution in [3.8, 4) is 10.6 Å². The van der Waals surface area contributed by atoms with Gasteiger partial charge >= 0.3 is 0 Å². The summed E-state index contributed by atoms with van der Waals surface area (Å²) in [6.07, 6.45) is 3.51. The predicted molar refractivity (Wildman–Crippen MR) is 79.8 cm³/mol. The van der Waals surface area contributed by atoms with Gasteiger partial charge in [0.25, 0.3) is 0 Å². The van der Waals surface area contributed by atoms with Gasteiger partial charge in [-0.2, -0.15) is 0 Å². The summed E-state index contributed by atoms with van der Waals surface area (Å²) < 4.78 is 34.6. The van der Waals surface area contributed by atoms with Crippen molar-refractivity contribution in [1.29, 1.82) is 0 Å². The molecule has 0 bridgehead atoms. The topological polar surface area (TPSA) is 74.0 Å². The smallest absolute Gasteiger partial charge is 0.169 e. The zero-order chi connectivity index (χ0) is 14.9. The van der Waals surface area contributed by atoms with Gasteiger partial charge in [0.05, 0.1) is 16.0 Å². The van der Waals surface area contributed by atoms with E-state index in [0.29, 0.717) is 0 Å². The first-order valence-corrected chi connectivity index (χ1v) is 8.69. The van der Waals surface area contributed by atoms with Crippen LogP contribution >= 0.6 is 11.3 Å². The van der Waals surface area contributed by atoms with Gasteiger partial charge in [0.15, 0.2) is 18.9 Å². The Balaban J connectivity index is 1.83. The van der Waals surface area contributed by atoms with Gasteiger partial charge in [-0.3, -0.25) is 0 Å². The minimum Gasteiger partial charge on any atom is -0.748 e. The molecule has 21 heavy (non-hydrogen) atoms. The van der Waals surface area contributed by atoms with E-state index in [4.69, 9.17) is 0 Å². The van der Waals surface area contributed by atoms with E-state index in [2.05, 4.69) is 4.98 Å². The Labute approximate surface area is 126 Å². The molecule has 0 spiro atoms. The minimum atomic E-state index is -4.18. The Hall–Kier alpha value is -1.83. The average Bonchev–Trinajstić information content (AvgIpc) is 2.89. The zero-order valence-corrected chi connectivity index (χ0v) is 12.6. The maximum atomic E-state index is 10.6. The Morgan fingerprint density at radius 1 is 1.14 bits per heavy atom. The third-order valence-corrected chi connectivity index (χ3v) is 4.80. The van der Waals surface area contributed by atoms with E-state index in [1.165, 1.54) is 0 Å². The van der Waals surface area contributed by atoms with Gasteiger partial charge < -0.3 is 4.55 Å². The molecule has 7 heteroatoms. The third kappa shape index (κ3) is 3.44. The van der Waals surface area contributed by atoms with Crippen molar-refractivity contribution in [3.05, 3.63) is 48.8 Å². The van der Waals surface area contributed by atoms with Crippen LogP contribution in [0.5, 0.6) is 0 Å². The molecule has 0 saturated carbocycles. The van der Waals surface area contributed by atoms with Crippen LogP contribution in [0.4, 0.5) is 0 Å². The molecule has 1 aromatic carbocycles. The summed E-state index contributed by atoms with van der Waals surface area (Å²) in [5.41, 5.74) is 1.93. The molecule has 0 amide bonds. The highest BCUT2D eigenvalue weighted by atomic mass is 32.2. The Morgan fingerprint density at radius 2 is 1.86 bits per heavy atom. The van der Waals surface area contributed by atoms with E-state index in [1.807, 2.05) is 36.4 Å². The SMILES string of the molecule is O=S(=O)([O-])CC[n+]1ccc(-c2nc3ccccc3s2)cc1. The lowest BCUT2D eigenvalue weighted by Gasteiger charge is -2.03. The molecular weight excluding hydrogens is 308 g/mol. The summed E-state index contributed by atoms with van der Waals surface area (Å²) in [4.78, 5) is 4.56. The quantitative estimate of drug-likeness (QED) is 0.543. The summed E-state index contributed by atoms with van der Waals surface area (Å²) in [6, 6.07) is 11.7. The van der Waals surface area contributed by atoms with Gasteiger partial charge in [0, 0.05) is 17.7 Å². The fourth-order valence-electron chi connectivity index (χ4n) is 1.96. The highest BCUT2D eigenvalue weighted by Crippen LogP contribution is 2.29. The normalized spacial score (nSPS) is 11.9. The van der Waals surface area contributed by atoms with Crippen LogP contribution in [0.3, 0.4) is 0 Å². The van der Waals surface area contributed by atoms with Crippen LogP contribution in [-0.2, 0) is 16.7 Å². The van der Waals surface area contributed by atoms with Crippen LogP contribution in [0.2, 0.25) is 0 Å². The summed E-state index contributed by atoms with van der Waals surface area (Å²) in [5, 5.41) is 0.916. The zero-order valence-electron chi connectivity index (χ0n) is 11.0. The second kappa shape index (κ2) is 5.51. The molecule has 3 aromatic rings. The number of benzene rings is 1. The van der Waals surface area contributed by atoms with E-state index in [1.54, 1.807) is 28.3 Å². The summed E-state index contributed by atoms with van der Waals surface area (Å²) >= 11 is 1.61. The Bertz CT molecular complexity index is 838. The van der Waals surface area contributed by atoms with Crippen LogP contribution in [0.1, 0.15) is 0 Å². The Kier molecular flexibility index (Phi) is 3.71. The number of aromatic nitrogens is 2. The first kappa shape index (κ1) is 14.1. The van der Waals surface area contributed by atoms with Gasteiger partial charge in [-0.15, -0.1) is 11.3 Å². The number of aryl methyl sites for hydroxylation is 1. The molecule has 2 heterocycles. The van der Waals surface area contributed by atoms with Crippen LogP contribution < -0.4 is 4.57 Å². The molecule has 0 aliphatic heterocycles. The first-order chi connectivity index (χ1) is 10.0. The van der Waals surface area contributed by atoms with Crippen molar-refractivity contribution in [2.75, 3.05) is 5.75 Å². The molecule has 2 aromatic heterocycles. The fraction of sp³-hybridized carbons (Fsp3) is 0.143. The predicted octanol–water partition coefficient (Wildman–Crippen LogP) is 1.80. The van der Waals surface area contributed by atoms with Crippen molar-refractivity contribution in [1.82, 2.24) is 4.98 Å². The first-order valence-electron chi connectivity index (χ1n) is 6.30. The molecule has 0 aliphatic rings. The minimum absolute atomic E-state index is 0.159. The van der Waals surface area contributed by atoms with Crippen molar-refractivity contribution >= 4 is 31.7 Å². The van der Waals surface area contributed by atoms with Gasteiger partial charge in [0.2, 0.25) is 0 Å². The molecule has 0 fully saturated rings. The highest BCUT2D eigenvalue weighted by molar-refractivity contribution is 7.85. The van der Waals surface area contributed by atoms with Crippen LogP contribution in [0, 0.1) is 0 Å². The molecule has 0 radical (unpaired) electrons. The number of para-hydroxylation sites is 1. The van der Waals surface area contributed by atoms with E-state index < -0.39 is 15.9 Å². The number of nitrogens with zero attached hydrogens (tertiary/aromatic N) is 2. The number of thiazole rings is 1. The Morgan fingerprint density at radius 3 is 2.52 bits per heavy atom. The third-order valence-electron chi connectivity index (χ3n) is 3.03. The van der Waals surface area contributed by atoms with E-state index in [-0.39, 0.29) is 6.54 Å². The highest BCUT2D eigenvalue weighted by Gasteiger charge is 2.09. The maximum Gasteiger partial charge on any atom is 0.169 e. The number of hydrogen-bond donors (Lipinski definition) is 0. The van der Waals surface area contributed by atoms with Gasteiger partial charge in [-0.1, -0.05) is 12.1 Å². The van der Waals surface area contributed by atoms with Gasteiger partial charge in [-0.25, -0.2) is 18.0 Å². The molecule has 108 valence electrons. The number of fused-ring (bicyclic) bond motifs is 1. The standard InChI is InChI=1S/C14H12N2O3S2/c17-21(18,19)10-9-16-7-5-11(6-8-16)14-15-12-3-1-2-4-13(12)20-14/h1-8H,9-10H2. The molecule has 0 saturated heterocycles. The van der Waals surface area contributed by atoms with Gasteiger partial charge in [0.1, 0.15) is 15.1 Å². The molecule has 0 atom stereocenters. The van der Waals surface area contributed by atoms with Crippen molar-refractivity contribution in [3.63, 3.8) is 0 Å². The van der Waals surface area contributed by atoms with Crippen LogP contribution in [0.15, 0.2) is 48.8 Å². The maximum absolute atomic E-state index is 10.6. The second-order valence-corrected chi connectivity index (χ2v) is 7.13. The lowest BCUT2D eigenvalue weighted by Crippen LogP contribution is -2.36. The number of pyridine rings is 1. The lowest BCUT2D eigenvalue weighted by atomic mass is 10.3. The lowest BCUT2D eigenvalue weighted by molar-refractivity contribution is -0.692. The number of hydrogen-bond acceptors (Lipinski definition) is 5. The molecule has 0 aliphatic carbocycles. The fourth-order valence-corrected chi connectivity index (χ4v) is 3.37. The van der Waals surface area contributed by atoms with Crippen molar-refractivity contribution < 1.29 is 17.5 Å². The molecule has 0 unspecified atom stereocenters. The van der Waals surface area contributed by atoms with E-state index >= 15 is 0 Å². The molecular formula is C14H12N2O3S2. The van der Waals surface area contributed by atoms with Crippen molar-refractivity contribution in [2.24, 2.45) is 0 Å². The second-order valence-electron chi connectivity index (χ2n) is 4.57. The van der Waals surface area contributed by atoms with Gasteiger partial charge in [-0.05, 0) is 12.1 Å². The van der Waals surface area contributed by atoms with E-state index in [9.17, 15) is 13.0 Å². The summed E-state index contributed by atoms with van der Waals surface area (Å²) in [6.45, 7) is 0.159. The monoisotopic (exact) mass is 320 g/mol. The summed E-state index contributed by atoms with van der Waals surface area (Å²) in [5.74, 6) is -0.405. The van der Waals surface area contributed by atoms with Crippen LogP contribution in [0.25, 0.3) is 20.8 Å². The van der Waals surface area contributed by atoms with Crippen molar-refractivity contribution in [2.45, 2.75) is 6.54 Å². The average molecular weight is 320 g/mol. The largest absolute Gasteiger partial charge is 0.748 e. The summed E-state index contributed by atoms with van der Waals surface area (Å²) in [7, 11) is -4.18. The molecule has 3 rings (SSSR count). The molecule has 0 N–H and O–H groups in total. The molecule has 5 nitrogen and oxygen atoms in total. The van der Waals surface area contributed by atoms with Crippen LogP contribution in [-0.4, -0.2) is 23.7 Å². The van der Waals surface area contributed by atoms with E-state index in [0.717, 1.165) is 20.8 Å². The number of rotatable bonds is 4.